The van der Waals surface area contributed by atoms with Crippen molar-refractivity contribution in [2.75, 3.05) is 22.9 Å². The molecule has 3 heterocycles. The Morgan fingerprint density at radius 3 is 2.64 bits per heavy atom. The number of rotatable bonds is 7. The molecule has 0 aliphatic carbocycles. The standard InChI is InChI=1S/C19H18ClF2IN7OPS/c1-28-9-24-8-14(28)10-4-5-11(13(6-10)29(2)33(3)31)25-12-7-15(20)26-18-16(12)27-19(17(21)22)30(18)32-23/h4-9,17,32H,1-3H3,(H,25,26). The maximum absolute atomic E-state index is 13.6. The third-order valence-corrected chi connectivity index (χ3v) is 8.21. The van der Waals surface area contributed by atoms with Crippen LogP contribution in [0.2, 0.25) is 5.15 Å². The lowest BCUT2D eigenvalue weighted by Gasteiger charge is -2.21. The van der Waals surface area contributed by atoms with Gasteiger partial charge in [-0.05, 0) is 34.2 Å². The maximum Gasteiger partial charge on any atom is 0.295 e. The first-order chi connectivity index (χ1) is 15.7. The van der Waals surface area contributed by atoms with Crippen LogP contribution >= 0.6 is 40.0 Å². The molecule has 1 aromatic carbocycles. The summed E-state index contributed by atoms with van der Waals surface area (Å²) in [5.41, 5.74) is 3.98. The molecule has 0 radical (unpaired) electrons. The van der Waals surface area contributed by atoms with Gasteiger partial charge < -0.3 is 9.88 Å². The predicted octanol–water partition coefficient (Wildman–Crippen LogP) is 5.69. The molecule has 2 unspecified atom stereocenters. The highest BCUT2D eigenvalue weighted by molar-refractivity contribution is 14.2. The number of nitrogens with one attached hydrogen (secondary N) is 1. The van der Waals surface area contributed by atoms with Crippen LogP contribution in [0.3, 0.4) is 0 Å². The van der Waals surface area contributed by atoms with Crippen molar-refractivity contribution in [1.29, 1.82) is 0 Å². The van der Waals surface area contributed by atoms with Crippen molar-refractivity contribution >= 4 is 79.2 Å². The Balaban J connectivity index is 1.86. The van der Waals surface area contributed by atoms with E-state index >= 15 is 0 Å². The van der Waals surface area contributed by atoms with Crippen LogP contribution in [0, 0.1) is 0 Å². The molecular weight excluding hydrogens is 606 g/mol. The van der Waals surface area contributed by atoms with E-state index in [1.807, 2.05) is 51.9 Å². The monoisotopic (exact) mass is 623 g/mol. The van der Waals surface area contributed by atoms with Crippen LogP contribution in [-0.2, 0) is 18.0 Å². The van der Waals surface area contributed by atoms with Gasteiger partial charge in [-0.2, -0.15) is 0 Å². The molecule has 0 aliphatic heterocycles. The molecule has 174 valence electrons. The largest absolute Gasteiger partial charge is 0.352 e. The summed E-state index contributed by atoms with van der Waals surface area (Å²) in [4.78, 5) is 12.5. The van der Waals surface area contributed by atoms with E-state index in [1.54, 1.807) is 30.1 Å². The summed E-state index contributed by atoms with van der Waals surface area (Å²) in [7, 11) is 2.28. The highest BCUT2D eigenvalue weighted by Gasteiger charge is 2.23. The molecule has 4 aromatic rings. The first-order valence-electron chi connectivity index (χ1n) is 9.40. The summed E-state index contributed by atoms with van der Waals surface area (Å²) in [5, 5.41) is 3.38. The minimum Gasteiger partial charge on any atom is -0.352 e. The molecule has 2 atom stereocenters. The molecule has 0 aliphatic rings. The van der Waals surface area contributed by atoms with Crippen LogP contribution in [0.15, 0.2) is 36.8 Å². The molecule has 0 fully saturated rings. The number of aryl methyl sites for hydroxylation is 1. The normalized spacial score (nSPS) is 12.8. The van der Waals surface area contributed by atoms with Gasteiger partial charge in [0.2, 0.25) is 0 Å². The zero-order chi connectivity index (χ0) is 23.9. The molecule has 0 saturated carbocycles. The quantitative estimate of drug-likeness (QED) is 0.163. The van der Waals surface area contributed by atoms with E-state index < -0.39 is 17.4 Å². The Hall–Kier alpha value is -1.89. The average Bonchev–Trinajstić information content (AvgIpc) is 3.36. The molecule has 0 saturated heterocycles. The summed E-state index contributed by atoms with van der Waals surface area (Å²) in [6.45, 7) is 0. The van der Waals surface area contributed by atoms with Crippen LogP contribution in [0.1, 0.15) is 12.2 Å². The summed E-state index contributed by atoms with van der Waals surface area (Å²) in [5.74, 6) is -0.367. The second kappa shape index (κ2) is 9.77. The SMILES string of the molecule is CN(c1cc(-c2cncn2C)ccc1Nc1cc(Cl)nc2c1nc(C(F)F)n2PI)S(C)=O. The number of hydrogen-bond donors (Lipinski definition) is 1. The Kier molecular flexibility index (Phi) is 7.18. The van der Waals surface area contributed by atoms with E-state index in [0.29, 0.717) is 17.1 Å². The van der Waals surface area contributed by atoms with Gasteiger partial charge >= 0.3 is 0 Å². The van der Waals surface area contributed by atoms with Gasteiger partial charge in [0.05, 0.1) is 41.7 Å². The highest BCUT2D eigenvalue weighted by atomic mass is 127. The second-order valence-corrected chi connectivity index (χ2v) is 10.9. The van der Waals surface area contributed by atoms with Gasteiger partial charge in [-0.1, -0.05) is 17.7 Å². The van der Waals surface area contributed by atoms with Gasteiger partial charge in [0.1, 0.15) is 21.7 Å². The Morgan fingerprint density at radius 2 is 2.03 bits per heavy atom. The van der Waals surface area contributed by atoms with Crippen LogP contribution in [0.5, 0.6) is 0 Å². The molecular formula is C19H18ClF2IN7OPS. The van der Waals surface area contributed by atoms with Gasteiger partial charge in [0.25, 0.3) is 6.43 Å². The van der Waals surface area contributed by atoms with Crippen molar-refractivity contribution in [2.45, 2.75) is 6.43 Å². The van der Waals surface area contributed by atoms with E-state index in [-0.39, 0.29) is 28.5 Å². The lowest BCUT2D eigenvalue weighted by Crippen LogP contribution is -2.20. The van der Waals surface area contributed by atoms with E-state index in [0.717, 1.165) is 11.3 Å². The van der Waals surface area contributed by atoms with E-state index in [9.17, 15) is 13.0 Å². The molecule has 8 nitrogen and oxygen atoms in total. The molecule has 4 rings (SSSR count). The van der Waals surface area contributed by atoms with Gasteiger partial charge in [-0.15, -0.1) is 0 Å². The number of imidazole rings is 2. The van der Waals surface area contributed by atoms with Crippen LogP contribution in [-0.4, -0.2) is 41.4 Å². The summed E-state index contributed by atoms with van der Waals surface area (Å²) in [6.07, 6.45) is 2.23. The molecule has 3 aromatic heterocycles. The van der Waals surface area contributed by atoms with Crippen molar-refractivity contribution in [3.8, 4) is 11.3 Å². The summed E-state index contributed by atoms with van der Waals surface area (Å²) in [6, 6.07) is 7.14. The van der Waals surface area contributed by atoms with Crippen molar-refractivity contribution in [2.24, 2.45) is 7.05 Å². The number of pyridine rings is 1. The number of halogens is 4. The van der Waals surface area contributed by atoms with E-state index in [2.05, 4.69) is 20.3 Å². The minimum absolute atomic E-state index is 0.0266. The third-order valence-electron chi connectivity index (χ3n) is 4.99. The molecule has 33 heavy (non-hydrogen) atoms. The Bertz CT molecular complexity index is 1370. The Labute approximate surface area is 210 Å². The van der Waals surface area contributed by atoms with Gasteiger partial charge in [-0.25, -0.2) is 27.9 Å². The van der Waals surface area contributed by atoms with Gasteiger partial charge in [-0.3, -0.25) is 8.64 Å². The number of benzene rings is 1. The summed E-state index contributed by atoms with van der Waals surface area (Å²) < 4.78 is 44.3. The fourth-order valence-corrected chi connectivity index (χ4v) is 5.85. The van der Waals surface area contributed by atoms with Crippen molar-refractivity contribution < 1.29 is 13.0 Å². The topological polar surface area (TPSA) is 80.9 Å². The highest BCUT2D eigenvalue weighted by Crippen LogP contribution is 2.40. The molecule has 0 spiro atoms. The predicted molar refractivity (Wildman–Crippen MR) is 140 cm³/mol. The average molecular weight is 624 g/mol. The molecule has 0 amide bonds. The number of hydrogen-bond acceptors (Lipinski definition) is 5. The van der Waals surface area contributed by atoms with Gasteiger partial charge in [0, 0.05) is 32.0 Å². The zero-order valence-corrected chi connectivity index (χ0v) is 22.3. The van der Waals surface area contributed by atoms with Gasteiger partial charge in [0.15, 0.2) is 11.5 Å². The van der Waals surface area contributed by atoms with Crippen LogP contribution < -0.4 is 9.62 Å². The van der Waals surface area contributed by atoms with Crippen molar-refractivity contribution in [1.82, 2.24) is 23.9 Å². The first-order valence-corrected chi connectivity index (χ1v) is 15.4. The lowest BCUT2D eigenvalue weighted by molar-refractivity contribution is 0.140. The van der Waals surface area contributed by atoms with Crippen molar-refractivity contribution in [3.63, 3.8) is 0 Å². The number of aromatic nitrogens is 5. The van der Waals surface area contributed by atoms with Crippen molar-refractivity contribution in [3.05, 3.63) is 47.8 Å². The fourth-order valence-electron chi connectivity index (χ4n) is 3.33. The zero-order valence-electron chi connectivity index (χ0n) is 17.6. The minimum atomic E-state index is -2.75. The molecule has 14 heteroatoms. The van der Waals surface area contributed by atoms with Crippen LogP contribution in [0.4, 0.5) is 25.8 Å². The maximum atomic E-state index is 13.6. The third kappa shape index (κ3) is 4.71. The van der Waals surface area contributed by atoms with E-state index in [1.165, 1.54) is 10.4 Å². The smallest absolute Gasteiger partial charge is 0.295 e. The molecule has 1 N–H and O–H groups in total. The van der Waals surface area contributed by atoms with E-state index in [4.69, 9.17) is 11.6 Å². The number of nitrogens with zero attached hydrogens (tertiary/aromatic N) is 6. The number of anilines is 3. The lowest BCUT2D eigenvalue weighted by atomic mass is 10.1. The number of fused-ring (bicyclic) bond motifs is 1. The Morgan fingerprint density at radius 1 is 1.27 bits per heavy atom. The van der Waals surface area contributed by atoms with Crippen LogP contribution in [0.25, 0.3) is 22.4 Å². The number of alkyl halides is 2. The second-order valence-electron chi connectivity index (χ2n) is 7.02. The molecule has 0 bridgehead atoms. The first kappa shape index (κ1) is 24.2. The summed E-state index contributed by atoms with van der Waals surface area (Å²) >= 11 is 8.23. The fraction of sp³-hybridized carbons (Fsp3) is 0.211.